The minimum Gasteiger partial charge on any atom is -0.458 e. The molecule has 2 N–H and O–H groups in total. The van der Waals surface area contributed by atoms with Gasteiger partial charge in [0.05, 0.1) is 0 Å². The second-order valence-corrected chi connectivity index (χ2v) is 4.10. The lowest BCUT2D eigenvalue weighted by Crippen LogP contribution is -2.21. The molecular weight excluding hydrogens is 214 g/mol. The molecule has 0 atom stereocenters. The second kappa shape index (κ2) is 4.57. The van der Waals surface area contributed by atoms with Gasteiger partial charge in [-0.15, -0.1) is 5.10 Å². The summed E-state index contributed by atoms with van der Waals surface area (Å²) in [4.78, 5) is 11.6. The van der Waals surface area contributed by atoms with Crippen molar-refractivity contribution < 1.29 is 9.53 Å². The van der Waals surface area contributed by atoms with Crippen LogP contribution in [0.1, 0.15) is 42.6 Å². The van der Waals surface area contributed by atoms with Crippen LogP contribution in [0.15, 0.2) is 0 Å². The fraction of sp³-hybridized carbons (Fsp3) is 0.667. The van der Waals surface area contributed by atoms with E-state index in [1.54, 1.807) is 0 Å². The van der Waals surface area contributed by atoms with Crippen LogP contribution in [0, 0.1) is 4.64 Å². The fourth-order valence-electron chi connectivity index (χ4n) is 1.77. The first-order chi connectivity index (χ1) is 7.27. The summed E-state index contributed by atoms with van der Waals surface area (Å²) < 4.78 is 5.61. The minimum atomic E-state index is -0.426. The van der Waals surface area contributed by atoms with E-state index in [2.05, 4.69) is 15.4 Å². The van der Waals surface area contributed by atoms with Crippen molar-refractivity contribution in [1.29, 1.82) is 0 Å². The summed E-state index contributed by atoms with van der Waals surface area (Å²) in [6, 6.07) is 0. The van der Waals surface area contributed by atoms with Crippen LogP contribution in [0.25, 0.3) is 0 Å². The molecule has 82 valence electrons. The van der Waals surface area contributed by atoms with E-state index in [4.69, 9.17) is 17.0 Å². The molecule has 5 nitrogen and oxygen atoms in total. The van der Waals surface area contributed by atoms with Crippen LogP contribution >= 0.6 is 12.2 Å². The Morgan fingerprint density at radius 2 is 2.13 bits per heavy atom. The van der Waals surface area contributed by atoms with Crippen molar-refractivity contribution in [2.24, 2.45) is 0 Å². The van der Waals surface area contributed by atoms with E-state index in [1.165, 1.54) is 6.42 Å². The maximum absolute atomic E-state index is 11.6. The molecule has 0 spiro atoms. The average Bonchev–Trinajstić information content (AvgIpc) is 2.66. The van der Waals surface area contributed by atoms with Crippen molar-refractivity contribution in [2.45, 2.75) is 38.2 Å². The summed E-state index contributed by atoms with van der Waals surface area (Å²) in [5, 5.41) is 8.72. The quantitative estimate of drug-likeness (QED) is 0.598. The van der Waals surface area contributed by atoms with Gasteiger partial charge in [-0.05, 0) is 25.7 Å². The van der Waals surface area contributed by atoms with E-state index in [1.807, 2.05) is 0 Å². The van der Waals surface area contributed by atoms with Crippen molar-refractivity contribution in [3.8, 4) is 0 Å². The Kier molecular flexibility index (Phi) is 3.15. The zero-order chi connectivity index (χ0) is 10.7. The van der Waals surface area contributed by atoms with Gasteiger partial charge < -0.3 is 4.74 Å². The van der Waals surface area contributed by atoms with E-state index in [9.17, 15) is 4.79 Å². The van der Waals surface area contributed by atoms with Gasteiger partial charge in [-0.25, -0.2) is 10.0 Å². The molecular formula is C9H13N3O2S. The highest BCUT2D eigenvalue weighted by molar-refractivity contribution is 7.71. The summed E-state index contributed by atoms with van der Waals surface area (Å²) >= 11 is 4.88. The number of hydrogen-bond acceptors (Lipinski definition) is 4. The van der Waals surface area contributed by atoms with Crippen molar-refractivity contribution >= 4 is 18.2 Å². The summed E-state index contributed by atoms with van der Waals surface area (Å²) in [6.07, 6.45) is 5.43. The number of hydrogen-bond donors (Lipinski definition) is 2. The van der Waals surface area contributed by atoms with Gasteiger partial charge in [-0.2, -0.15) is 0 Å². The predicted molar refractivity (Wildman–Crippen MR) is 56.1 cm³/mol. The largest absolute Gasteiger partial charge is 0.458 e. The van der Waals surface area contributed by atoms with Crippen LogP contribution in [0.5, 0.6) is 0 Å². The van der Waals surface area contributed by atoms with Crippen molar-refractivity contribution in [3.05, 3.63) is 10.3 Å². The molecule has 2 rings (SSSR count). The first-order valence-electron chi connectivity index (χ1n) is 5.11. The lowest BCUT2D eigenvalue weighted by atomic mass is 9.98. The summed E-state index contributed by atoms with van der Waals surface area (Å²) in [7, 11) is 0. The fourth-order valence-corrected chi connectivity index (χ4v) is 1.95. The maximum Gasteiger partial charge on any atom is 0.362 e. The summed E-state index contributed by atoms with van der Waals surface area (Å²) in [6.45, 7) is 0. The first-order valence-corrected chi connectivity index (χ1v) is 5.52. The molecule has 1 aromatic heterocycles. The molecule has 0 amide bonds. The van der Waals surface area contributed by atoms with Crippen molar-refractivity contribution in [1.82, 2.24) is 15.4 Å². The standard InChI is InChI=1S/C9H13N3O2S/c13-9(7-8(15)11-12-10-7)14-6-4-2-1-3-5-6/h6H,1-5H2,(H2,10,11,12,15). The smallest absolute Gasteiger partial charge is 0.362 e. The van der Waals surface area contributed by atoms with E-state index in [0.29, 0.717) is 4.64 Å². The molecule has 1 aliphatic carbocycles. The zero-order valence-electron chi connectivity index (χ0n) is 8.28. The van der Waals surface area contributed by atoms with Gasteiger partial charge in [-0.3, -0.25) is 5.10 Å². The number of nitrogens with one attached hydrogen (secondary N) is 2. The lowest BCUT2D eigenvalue weighted by Gasteiger charge is -2.21. The van der Waals surface area contributed by atoms with E-state index < -0.39 is 5.97 Å². The highest BCUT2D eigenvalue weighted by Gasteiger charge is 2.20. The van der Waals surface area contributed by atoms with Crippen LogP contribution < -0.4 is 0 Å². The number of ether oxygens (including phenoxy) is 1. The normalized spacial score (nSPS) is 17.6. The molecule has 0 saturated heterocycles. The van der Waals surface area contributed by atoms with E-state index >= 15 is 0 Å². The third-order valence-electron chi connectivity index (χ3n) is 2.57. The Balaban J connectivity index is 1.97. The second-order valence-electron chi connectivity index (χ2n) is 3.69. The van der Waals surface area contributed by atoms with Crippen LogP contribution in [0.3, 0.4) is 0 Å². The van der Waals surface area contributed by atoms with Gasteiger partial charge in [0, 0.05) is 0 Å². The maximum atomic E-state index is 11.6. The molecule has 0 bridgehead atoms. The van der Waals surface area contributed by atoms with Crippen molar-refractivity contribution in [2.75, 3.05) is 0 Å². The predicted octanol–water partition coefficient (Wildman–Crippen LogP) is 1.96. The topological polar surface area (TPSA) is 70.8 Å². The molecule has 1 heterocycles. The molecule has 1 fully saturated rings. The number of aromatic amines is 2. The van der Waals surface area contributed by atoms with Gasteiger partial charge in [0.25, 0.3) is 0 Å². The number of rotatable bonds is 2. The third kappa shape index (κ3) is 2.44. The zero-order valence-corrected chi connectivity index (χ0v) is 9.10. The van der Waals surface area contributed by atoms with E-state index in [0.717, 1.165) is 25.7 Å². The highest BCUT2D eigenvalue weighted by atomic mass is 32.1. The van der Waals surface area contributed by atoms with Gasteiger partial charge in [0.15, 0.2) is 4.64 Å². The van der Waals surface area contributed by atoms with Gasteiger partial charge in [0.2, 0.25) is 5.69 Å². The monoisotopic (exact) mass is 227 g/mol. The Labute approximate surface area is 92.2 Å². The first kappa shape index (κ1) is 10.4. The highest BCUT2D eigenvalue weighted by Crippen LogP contribution is 2.21. The Hall–Kier alpha value is -1.17. The van der Waals surface area contributed by atoms with E-state index in [-0.39, 0.29) is 11.8 Å². The molecule has 0 aromatic carbocycles. The van der Waals surface area contributed by atoms with Crippen LogP contribution in [-0.2, 0) is 4.74 Å². The van der Waals surface area contributed by atoms with Gasteiger partial charge in [-0.1, -0.05) is 18.6 Å². The third-order valence-corrected chi connectivity index (χ3v) is 2.87. The molecule has 0 radical (unpaired) electrons. The summed E-state index contributed by atoms with van der Waals surface area (Å²) in [5.74, 6) is -0.426. The molecule has 0 aliphatic heterocycles. The SMILES string of the molecule is O=C(OC1CCCCC1)c1n[nH][nH]c1=S. The lowest BCUT2D eigenvalue weighted by molar-refractivity contribution is 0.0204. The number of nitrogens with zero attached hydrogens (tertiary/aromatic N) is 1. The van der Waals surface area contributed by atoms with Crippen molar-refractivity contribution in [3.63, 3.8) is 0 Å². The van der Waals surface area contributed by atoms with Gasteiger partial charge >= 0.3 is 5.97 Å². The van der Waals surface area contributed by atoms with Crippen LogP contribution in [0.2, 0.25) is 0 Å². The Bertz CT molecular complexity index is 392. The number of esters is 1. The molecule has 1 saturated carbocycles. The Morgan fingerprint density at radius 1 is 1.40 bits per heavy atom. The number of carbonyl (C=O) groups is 1. The Morgan fingerprint density at radius 3 is 2.73 bits per heavy atom. The molecule has 1 aromatic rings. The molecule has 6 heteroatoms. The minimum absolute atomic E-state index is 0.0392. The van der Waals surface area contributed by atoms with Crippen LogP contribution in [-0.4, -0.2) is 27.5 Å². The van der Waals surface area contributed by atoms with Gasteiger partial charge in [0.1, 0.15) is 6.10 Å². The number of carbonyl (C=O) groups excluding carboxylic acids is 1. The average molecular weight is 227 g/mol. The number of aromatic nitrogens is 3. The molecule has 15 heavy (non-hydrogen) atoms. The van der Waals surface area contributed by atoms with Crippen LogP contribution in [0.4, 0.5) is 0 Å². The summed E-state index contributed by atoms with van der Waals surface area (Å²) in [5.41, 5.74) is 0.176. The molecule has 1 aliphatic rings. The molecule has 0 unspecified atom stereocenters. The number of H-pyrrole nitrogens is 2.